The first-order valence-corrected chi connectivity index (χ1v) is 7.10. The van der Waals surface area contributed by atoms with Gasteiger partial charge in [-0.2, -0.15) is 0 Å². The number of pyridine rings is 1. The van der Waals surface area contributed by atoms with Gasteiger partial charge in [0.2, 0.25) is 0 Å². The highest BCUT2D eigenvalue weighted by atomic mass is 16.7. The van der Waals surface area contributed by atoms with E-state index in [0.717, 1.165) is 16.6 Å². The van der Waals surface area contributed by atoms with Gasteiger partial charge in [-0.1, -0.05) is 6.08 Å². The molecule has 0 radical (unpaired) electrons. The lowest BCUT2D eigenvalue weighted by Crippen LogP contribution is -2.41. The molecule has 0 amide bonds. The van der Waals surface area contributed by atoms with E-state index in [0.29, 0.717) is 6.54 Å². The molecule has 6 heteroatoms. The van der Waals surface area contributed by atoms with Crippen LogP contribution in [0.5, 0.6) is 0 Å². The zero-order valence-corrected chi connectivity index (χ0v) is 13.1. The molecule has 0 unspecified atom stereocenters. The number of rotatable bonds is 4. The number of nitrogens with zero attached hydrogens (tertiary/aromatic N) is 1. The van der Waals surface area contributed by atoms with Crippen molar-refractivity contribution in [2.75, 3.05) is 6.54 Å². The van der Waals surface area contributed by atoms with Crippen molar-refractivity contribution in [2.45, 2.75) is 45.5 Å². The fourth-order valence-electron chi connectivity index (χ4n) is 2.10. The van der Waals surface area contributed by atoms with Crippen molar-refractivity contribution >= 4 is 13.2 Å². The molecule has 1 fully saturated rings. The minimum Gasteiger partial charge on any atom is -0.400 e. The van der Waals surface area contributed by atoms with E-state index in [1.807, 2.05) is 39.8 Å². The first kappa shape index (κ1) is 16.2. The number of nitrogens with two attached hydrogens (primary N) is 1. The largest absolute Gasteiger partial charge is 0.491 e. The summed E-state index contributed by atoms with van der Waals surface area (Å²) >= 11 is 0. The molecular formula is C15H23BN2O3. The van der Waals surface area contributed by atoms with Crippen molar-refractivity contribution in [2.24, 2.45) is 5.73 Å². The Morgan fingerprint density at radius 3 is 2.43 bits per heavy atom. The Hall–Kier alpha value is -1.21. The maximum absolute atomic E-state index is 9.17. The summed E-state index contributed by atoms with van der Waals surface area (Å²) in [6, 6.07) is 1.87. The topological polar surface area (TPSA) is 77.6 Å². The second kappa shape index (κ2) is 5.89. The Bertz CT molecular complexity index is 527. The van der Waals surface area contributed by atoms with Crippen LogP contribution >= 0.6 is 0 Å². The van der Waals surface area contributed by atoms with Crippen LogP contribution in [0.4, 0.5) is 0 Å². The minimum absolute atomic E-state index is 0.0386. The standard InChI is InChI=1S/C15H23BN2O3/c1-14(2)15(3,4)21-16(20-14)13(7-17)6-11-5-12(10-19)9-18-8-11/h5-6,8-9,19H,7,10,17H2,1-4H3. The average molecular weight is 290 g/mol. The lowest BCUT2D eigenvalue weighted by molar-refractivity contribution is 0.00578. The monoisotopic (exact) mass is 290 g/mol. The highest BCUT2D eigenvalue weighted by Gasteiger charge is 2.52. The molecule has 3 N–H and O–H groups in total. The Labute approximate surface area is 126 Å². The SMILES string of the molecule is CC1(C)OB(C(=Cc2cncc(CO)c2)CN)OC1(C)C. The molecule has 2 rings (SSSR count). The molecule has 0 saturated carbocycles. The molecular weight excluding hydrogens is 267 g/mol. The molecule has 114 valence electrons. The highest BCUT2D eigenvalue weighted by Crippen LogP contribution is 2.38. The van der Waals surface area contributed by atoms with Crippen LogP contribution < -0.4 is 5.73 Å². The van der Waals surface area contributed by atoms with E-state index in [1.54, 1.807) is 12.4 Å². The zero-order valence-electron chi connectivity index (χ0n) is 13.1. The van der Waals surface area contributed by atoms with E-state index < -0.39 is 18.3 Å². The van der Waals surface area contributed by atoms with Crippen molar-refractivity contribution in [3.05, 3.63) is 35.1 Å². The van der Waals surface area contributed by atoms with Crippen LogP contribution in [0.1, 0.15) is 38.8 Å². The third-order valence-corrected chi connectivity index (χ3v) is 4.14. The molecule has 1 aliphatic rings. The molecule has 21 heavy (non-hydrogen) atoms. The van der Waals surface area contributed by atoms with Gasteiger partial charge in [-0.3, -0.25) is 4.98 Å². The second-order valence-electron chi connectivity index (χ2n) is 6.30. The van der Waals surface area contributed by atoms with Crippen LogP contribution in [0, 0.1) is 0 Å². The maximum Gasteiger partial charge on any atom is 0.491 e. The molecule has 0 aromatic carbocycles. The van der Waals surface area contributed by atoms with E-state index in [1.165, 1.54) is 0 Å². The van der Waals surface area contributed by atoms with E-state index in [-0.39, 0.29) is 6.61 Å². The van der Waals surface area contributed by atoms with Gasteiger partial charge in [0, 0.05) is 18.9 Å². The molecule has 1 aromatic rings. The van der Waals surface area contributed by atoms with Gasteiger partial charge in [-0.05, 0) is 50.4 Å². The second-order valence-corrected chi connectivity index (χ2v) is 6.30. The summed E-state index contributed by atoms with van der Waals surface area (Å²) in [5.41, 5.74) is 7.55. The molecule has 1 aliphatic heterocycles. The van der Waals surface area contributed by atoms with E-state index in [4.69, 9.17) is 20.1 Å². The fraction of sp³-hybridized carbons (Fsp3) is 0.533. The predicted molar refractivity (Wildman–Crippen MR) is 83.3 cm³/mol. The molecule has 2 heterocycles. The maximum atomic E-state index is 9.17. The van der Waals surface area contributed by atoms with Crippen molar-refractivity contribution in [3.8, 4) is 0 Å². The van der Waals surface area contributed by atoms with Crippen LogP contribution in [0.2, 0.25) is 0 Å². The highest BCUT2D eigenvalue weighted by molar-refractivity contribution is 6.55. The smallest absolute Gasteiger partial charge is 0.400 e. The van der Waals surface area contributed by atoms with Crippen molar-refractivity contribution < 1.29 is 14.4 Å². The van der Waals surface area contributed by atoms with Crippen LogP contribution in [-0.4, -0.2) is 35.0 Å². The van der Waals surface area contributed by atoms with Gasteiger partial charge in [-0.15, -0.1) is 0 Å². The van der Waals surface area contributed by atoms with Crippen LogP contribution in [-0.2, 0) is 15.9 Å². The predicted octanol–water partition coefficient (Wildman–Crippen LogP) is 1.55. The molecule has 0 bridgehead atoms. The van der Waals surface area contributed by atoms with E-state index >= 15 is 0 Å². The molecule has 5 nitrogen and oxygen atoms in total. The number of aliphatic hydroxyl groups excluding tert-OH is 1. The number of hydrogen-bond donors (Lipinski definition) is 2. The van der Waals surface area contributed by atoms with Gasteiger partial charge in [0.15, 0.2) is 0 Å². The van der Waals surface area contributed by atoms with Gasteiger partial charge < -0.3 is 20.1 Å². The quantitative estimate of drug-likeness (QED) is 0.823. The molecule has 1 aromatic heterocycles. The van der Waals surface area contributed by atoms with Gasteiger partial charge in [-0.25, -0.2) is 0 Å². The van der Waals surface area contributed by atoms with Crippen LogP contribution in [0.3, 0.4) is 0 Å². The summed E-state index contributed by atoms with van der Waals surface area (Å²) in [5.74, 6) is 0. The number of hydrogen-bond acceptors (Lipinski definition) is 5. The van der Waals surface area contributed by atoms with Gasteiger partial charge in [0.05, 0.1) is 17.8 Å². The number of aromatic nitrogens is 1. The molecule has 1 saturated heterocycles. The Balaban J connectivity index is 2.26. The van der Waals surface area contributed by atoms with Crippen LogP contribution in [0.25, 0.3) is 6.08 Å². The Kier molecular flexibility index (Phi) is 4.53. The summed E-state index contributed by atoms with van der Waals surface area (Å²) in [6.07, 6.45) is 5.27. The summed E-state index contributed by atoms with van der Waals surface area (Å²) in [5, 5.41) is 9.17. The third-order valence-electron chi connectivity index (χ3n) is 4.14. The van der Waals surface area contributed by atoms with Gasteiger partial charge in [0.25, 0.3) is 0 Å². The minimum atomic E-state index is -0.460. The molecule has 0 atom stereocenters. The summed E-state index contributed by atoms with van der Waals surface area (Å²) in [7, 11) is -0.460. The number of aliphatic hydroxyl groups is 1. The normalized spacial score (nSPS) is 20.9. The zero-order chi connectivity index (χ0) is 15.7. The molecule has 0 aliphatic carbocycles. The summed E-state index contributed by atoms with van der Waals surface area (Å²) < 4.78 is 12.0. The Morgan fingerprint density at radius 1 is 1.29 bits per heavy atom. The van der Waals surface area contributed by atoms with Gasteiger partial charge in [0.1, 0.15) is 0 Å². The van der Waals surface area contributed by atoms with E-state index in [9.17, 15) is 0 Å². The van der Waals surface area contributed by atoms with Gasteiger partial charge >= 0.3 is 7.12 Å². The first-order valence-electron chi connectivity index (χ1n) is 7.10. The van der Waals surface area contributed by atoms with Crippen LogP contribution in [0.15, 0.2) is 23.9 Å². The van der Waals surface area contributed by atoms with Crippen molar-refractivity contribution in [3.63, 3.8) is 0 Å². The average Bonchev–Trinajstić information content (AvgIpc) is 2.65. The summed E-state index contributed by atoms with van der Waals surface area (Å²) in [4.78, 5) is 4.10. The third kappa shape index (κ3) is 3.35. The lowest BCUT2D eigenvalue weighted by Gasteiger charge is -2.32. The van der Waals surface area contributed by atoms with Crippen molar-refractivity contribution in [1.29, 1.82) is 0 Å². The lowest BCUT2D eigenvalue weighted by atomic mass is 9.77. The first-order chi connectivity index (χ1) is 9.79. The molecule has 0 spiro atoms. The van der Waals surface area contributed by atoms with Crippen molar-refractivity contribution in [1.82, 2.24) is 4.98 Å². The van der Waals surface area contributed by atoms with E-state index in [2.05, 4.69) is 4.98 Å². The summed E-state index contributed by atoms with van der Waals surface area (Å²) in [6.45, 7) is 8.33. The Morgan fingerprint density at radius 2 is 1.90 bits per heavy atom. The fourth-order valence-corrected chi connectivity index (χ4v) is 2.10.